The number of allylic oxidation sites excluding steroid dienone is 1. The number of nitrogens with one attached hydrogen (secondary N) is 1. The fourth-order valence-corrected chi connectivity index (χ4v) is 3.02. The molecule has 1 aliphatic rings. The van der Waals surface area contributed by atoms with Gasteiger partial charge in [0, 0.05) is 36.4 Å². The molecule has 0 aliphatic carbocycles. The topological polar surface area (TPSA) is 66.5 Å². The fraction of sp³-hybridized carbons (Fsp3) is 0.368. The van der Waals surface area contributed by atoms with Gasteiger partial charge in [0.25, 0.3) is 0 Å². The maximum absolute atomic E-state index is 6.01. The summed E-state index contributed by atoms with van der Waals surface area (Å²) in [5.41, 5.74) is 10.4. The van der Waals surface area contributed by atoms with E-state index < -0.39 is 0 Å². The Morgan fingerprint density at radius 2 is 2.04 bits per heavy atom. The van der Waals surface area contributed by atoms with Gasteiger partial charge in [-0.25, -0.2) is 4.98 Å². The van der Waals surface area contributed by atoms with Gasteiger partial charge in [-0.05, 0) is 36.4 Å². The van der Waals surface area contributed by atoms with E-state index in [1.54, 1.807) is 0 Å². The number of hydrogen-bond donors (Lipinski definition) is 2. The molecule has 24 heavy (non-hydrogen) atoms. The van der Waals surface area contributed by atoms with Crippen molar-refractivity contribution in [2.45, 2.75) is 13.8 Å². The van der Waals surface area contributed by atoms with E-state index >= 15 is 0 Å². The number of hydrogen-bond acceptors (Lipinski definition) is 5. The van der Waals surface area contributed by atoms with Crippen molar-refractivity contribution in [1.29, 1.82) is 0 Å². The van der Waals surface area contributed by atoms with Crippen LogP contribution in [0.15, 0.2) is 35.3 Å². The molecule has 1 aromatic heterocycles. The van der Waals surface area contributed by atoms with Crippen molar-refractivity contribution < 1.29 is 0 Å². The van der Waals surface area contributed by atoms with Crippen LogP contribution in [0.3, 0.4) is 0 Å². The highest BCUT2D eigenvalue weighted by Crippen LogP contribution is 2.28. The fourth-order valence-electron chi connectivity index (χ4n) is 3.02. The molecule has 0 atom stereocenters. The second-order valence-corrected chi connectivity index (χ2v) is 5.96. The highest BCUT2D eigenvalue weighted by molar-refractivity contribution is 5.96. The molecule has 1 aromatic carbocycles. The Morgan fingerprint density at radius 3 is 2.75 bits per heavy atom. The van der Waals surface area contributed by atoms with E-state index in [4.69, 9.17) is 5.73 Å². The van der Waals surface area contributed by atoms with Crippen molar-refractivity contribution in [1.82, 2.24) is 9.88 Å². The van der Waals surface area contributed by atoms with Crippen molar-refractivity contribution in [3.05, 3.63) is 35.9 Å². The van der Waals surface area contributed by atoms with Gasteiger partial charge in [-0.1, -0.05) is 26.0 Å². The van der Waals surface area contributed by atoms with Gasteiger partial charge in [-0.15, -0.1) is 0 Å². The van der Waals surface area contributed by atoms with Crippen LogP contribution in [-0.4, -0.2) is 48.8 Å². The average Bonchev–Trinajstić information content (AvgIpc) is 3.12. The van der Waals surface area contributed by atoms with Crippen molar-refractivity contribution in [2.75, 3.05) is 43.8 Å². The van der Waals surface area contributed by atoms with Crippen LogP contribution in [0.4, 0.5) is 11.5 Å². The predicted octanol–water partition coefficient (Wildman–Crippen LogP) is 3.04. The highest BCUT2D eigenvalue weighted by Gasteiger charge is 2.09. The van der Waals surface area contributed by atoms with Crippen LogP contribution in [0, 0.1) is 0 Å². The number of likely N-dealkylation sites (N-methyl/N-ethyl adjacent to an activating group) is 1. The number of anilines is 2. The number of aromatic nitrogens is 1. The summed E-state index contributed by atoms with van der Waals surface area (Å²) in [6.07, 6.45) is 3.91. The van der Waals surface area contributed by atoms with Crippen LogP contribution < -0.4 is 11.1 Å². The van der Waals surface area contributed by atoms with E-state index in [1.807, 2.05) is 12.3 Å². The Balaban J connectivity index is 1.82. The first-order valence-corrected chi connectivity index (χ1v) is 8.57. The Morgan fingerprint density at radius 1 is 1.21 bits per heavy atom. The van der Waals surface area contributed by atoms with Gasteiger partial charge in [0.2, 0.25) is 0 Å². The molecule has 5 nitrogen and oxygen atoms in total. The second-order valence-electron chi connectivity index (χ2n) is 5.96. The molecule has 0 unspecified atom stereocenters. The summed E-state index contributed by atoms with van der Waals surface area (Å²) in [5.74, 6) is 0.543. The van der Waals surface area contributed by atoms with Crippen LogP contribution in [0.1, 0.15) is 19.4 Å². The zero-order valence-corrected chi connectivity index (χ0v) is 14.4. The third-order valence-electron chi connectivity index (χ3n) is 4.48. The zero-order valence-electron chi connectivity index (χ0n) is 14.4. The molecule has 0 spiro atoms. The van der Waals surface area contributed by atoms with Crippen molar-refractivity contribution >= 4 is 34.2 Å². The first-order chi connectivity index (χ1) is 11.7. The second kappa shape index (κ2) is 7.45. The largest absolute Gasteiger partial charge is 0.384 e. The lowest BCUT2D eigenvalue weighted by Gasteiger charge is -2.19. The number of nitrogen functional groups attached to an aromatic ring is 1. The first-order valence-electron chi connectivity index (χ1n) is 8.57. The standard InChI is InChI=1S/C19H25N5/c1-3-24(4-2)10-9-22-17-12-19(20)23-18-11-14(5-6-16(17)18)15-7-8-21-13-15/h5-8,11-12H,3-4,9-10,13H2,1-2H3,(H3,20,22,23). The number of nitrogens with two attached hydrogens (primary N) is 1. The number of fused-ring (bicyclic) bond motifs is 1. The lowest BCUT2D eigenvalue weighted by atomic mass is 10.0. The maximum Gasteiger partial charge on any atom is 0.126 e. The van der Waals surface area contributed by atoms with Gasteiger partial charge in [-0.3, -0.25) is 4.99 Å². The van der Waals surface area contributed by atoms with E-state index in [9.17, 15) is 0 Å². The van der Waals surface area contributed by atoms with Crippen LogP contribution >= 0.6 is 0 Å². The molecule has 1 aliphatic heterocycles. The summed E-state index contributed by atoms with van der Waals surface area (Å²) in [6.45, 7) is 9.15. The van der Waals surface area contributed by atoms with E-state index in [2.05, 4.69) is 58.3 Å². The summed E-state index contributed by atoms with van der Waals surface area (Å²) in [7, 11) is 0. The van der Waals surface area contributed by atoms with E-state index in [0.717, 1.165) is 54.9 Å². The smallest absolute Gasteiger partial charge is 0.126 e. The molecular weight excluding hydrogens is 298 g/mol. The summed E-state index contributed by atoms with van der Waals surface area (Å²) >= 11 is 0. The molecular formula is C19H25N5. The van der Waals surface area contributed by atoms with E-state index in [1.165, 1.54) is 5.57 Å². The van der Waals surface area contributed by atoms with Crippen molar-refractivity contribution in [2.24, 2.45) is 4.99 Å². The van der Waals surface area contributed by atoms with Gasteiger partial charge in [0.05, 0.1) is 12.1 Å². The van der Waals surface area contributed by atoms with Crippen LogP contribution in [0.2, 0.25) is 0 Å². The number of pyridine rings is 1. The summed E-state index contributed by atoms with van der Waals surface area (Å²) in [5, 5.41) is 4.62. The van der Waals surface area contributed by atoms with Gasteiger partial charge < -0.3 is 16.0 Å². The van der Waals surface area contributed by atoms with Gasteiger partial charge in [0.1, 0.15) is 5.82 Å². The molecule has 0 bridgehead atoms. The summed E-state index contributed by atoms with van der Waals surface area (Å²) in [6, 6.07) is 8.27. The van der Waals surface area contributed by atoms with Gasteiger partial charge in [0.15, 0.2) is 0 Å². The zero-order chi connectivity index (χ0) is 16.9. The Bertz CT molecular complexity index is 775. The lowest BCUT2D eigenvalue weighted by Crippen LogP contribution is -2.28. The normalized spacial score (nSPS) is 13.7. The maximum atomic E-state index is 6.01. The molecule has 0 fully saturated rings. The van der Waals surface area contributed by atoms with E-state index in [0.29, 0.717) is 5.82 Å². The number of benzene rings is 1. The molecule has 2 aromatic rings. The molecule has 3 N–H and O–H groups in total. The minimum absolute atomic E-state index is 0.543. The highest BCUT2D eigenvalue weighted by atomic mass is 15.1. The summed E-state index contributed by atoms with van der Waals surface area (Å²) in [4.78, 5) is 11.1. The third-order valence-corrected chi connectivity index (χ3v) is 4.48. The van der Waals surface area contributed by atoms with Crippen molar-refractivity contribution in [3.8, 4) is 0 Å². The minimum atomic E-state index is 0.543. The molecule has 0 saturated carbocycles. The molecule has 126 valence electrons. The quantitative estimate of drug-likeness (QED) is 0.822. The molecule has 5 heteroatoms. The van der Waals surface area contributed by atoms with Gasteiger partial charge in [-0.2, -0.15) is 0 Å². The molecule has 0 radical (unpaired) electrons. The number of aliphatic imine (C=N–C) groups is 1. The van der Waals surface area contributed by atoms with E-state index in [-0.39, 0.29) is 0 Å². The van der Waals surface area contributed by atoms with Crippen LogP contribution in [-0.2, 0) is 0 Å². The predicted molar refractivity (Wildman–Crippen MR) is 104 cm³/mol. The average molecular weight is 323 g/mol. The Hall–Kier alpha value is -2.40. The van der Waals surface area contributed by atoms with Crippen molar-refractivity contribution in [3.63, 3.8) is 0 Å². The van der Waals surface area contributed by atoms with Crippen LogP contribution in [0.5, 0.6) is 0 Å². The molecule has 0 amide bonds. The first kappa shape index (κ1) is 16.5. The molecule has 0 saturated heterocycles. The Kier molecular flexibility index (Phi) is 5.11. The van der Waals surface area contributed by atoms with Crippen LogP contribution in [0.25, 0.3) is 16.5 Å². The Labute approximate surface area is 143 Å². The number of nitrogens with zero attached hydrogens (tertiary/aromatic N) is 3. The SMILES string of the molecule is CCN(CC)CCNc1cc(N)nc2cc(C3=CC=NC3)ccc12. The molecule has 3 rings (SSSR count). The van der Waals surface area contributed by atoms with Gasteiger partial charge >= 0.3 is 0 Å². The number of rotatable bonds is 7. The third kappa shape index (κ3) is 3.57. The lowest BCUT2D eigenvalue weighted by molar-refractivity contribution is 0.316. The monoisotopic (exact) mass is 323 g/mol. The minimum Gasteiger partial charge on any atom is -0.384 e. The summed E-state index contributed by atoms with van der Waals surface area (Å²) < 4.78 is 0. The molecule has 2 heterocycles.